The molecule has 2 aliphatic heterocycles. The molecule has 2 saturated heterocycles. The number of hydrogen-bond acceptors (Lipinski definition) is 5. The van der Waals surface area contributed by atoms with Gasteiger partial charge in [-0.1, -0.05) is 18.2 Å². The van der Waals surface area contributed by atoms with Crippen molar-refractivity contribution in [3.8, 4) is 0 Å². The third kappa shape index (κ3) is 4.76. The number of carbonyl (C=O) groups is 1. The van der Waals surface area contributed by atoms with Gasteiger partial charge in [-0.25, -0.2) is 8.42 Å². The van der Waals surface area contributed by atoms with E-state index in [2.05, 4.69) is 17.0 Å². The van der Waals surface area contributed by atoms with Crippen LogP contribution in [0.2, 0.25) is 0 Å². The van der Waals surface area contributed by atoms with Gasteiger partial charge >= 0.3 is 0 Å². The molecule has 2 aromatic carbocycles. The molecule has 8 heteroatoms. The minimum absolute atomic E-state index is 0.0646. The highest BCUT2D eigenvalue weighted by Crippen LogP contribution is 2.22. The molecule has 7 nitrogen and oxygen atoms in total. The SMILES string of the molecule is CC1CN(S(=O)(=O)c2ccc(C(=O)N3CCN(c4ccccc4)CC3)cc2)CC(C)O1. The summed E-state index contributed by atoms with van der Waals surface area (Å²) in [6.07, 6.45) is -0.289. The molecule has 2 atom stereocenters. The molecule has 0 aromatic heterocycles. The maximum absolute atomic E-state index is 13.0. The first-order chi connectivity index (χ1) is 14.8. The number of carbonyl (C=O) groups excluding carboxylic acids is 1. The lowest BCUT2D eigenvalue weighted by atomic mass is 10.1. The predicted octanol–water partition coefficient (Wildman–Crippen LogP) is 2.45. The molecule has 2 aliphatic rings. The van der Waals surface area contributed by atoms with E-state index in [1.807, 2.05) is 36.9 Å². The fourth-order valence-corrected chi connectivity index (χ4v) is 5.83. The van der Waals surface area contributed by atoms with E-state index in [0.29, 0.717) is 31.7 Å². The Balaban J connectivity index is 1.41. The van der Waals surface area contributed by atoms with Crippen LogP contribution in [0.15, 0.2) is 59.5 Å². The van der Waals surface area contributed by atoms with Crippen molar-refractivity contribution < 1.29 is 17.9 Å². The number of sulfonamides is 1. The van der Waals surface area contributed by atoms with E-state index in [4.69, 9.17) is 4.74 Å². The number of hydrogen-bond donors (Lipinski definition) is 0. The maximum Gasteiger partial charge on any atom is 0.253 e. The summed E-state index contributed by atoms with van der Waals surface area (Å²) < 4.78 is 33.1. The van der Waals surface area contributed by atoms with Gasteiger partial charge in [0.2, 0.25) is 10.0 Å². The topological polar surface area (TPSA) is 70.2 Å². The van der Waals surface area contributed by atoms with E-state index >= 15 is 0 Å². The quantitative estimate of drug-likeness (QED) is 0.726. The lowest BCUT2D eigenvalue weighted by Crippen LogP contribution is -2.48. The summed E-state index contributed by atoms with van der Waals surface area (Å²) in [5.41, 5.74) is 1.67. The third-order valence-electron chi connectivity index (χ3n) is 5.81. The number of piperazine rings is 1. The normalized spacial score (nSPS) is 23.0. The highest BCUT2D eigenvalue weighted by Gasteiger charge is 2.32. The Kier molecular flexibility index (Phi) is 6.31. The van der Waals surface area contributed by atoms with Crippen LogP contribution in [0, 0.1) is 0 Å². The Bertz CT molecular complexity index is 993. The molecule has 0 saturated carbocycles. The second kappa shape index (κ2) is 8.98. The molecule has 2 fully saturated rings. The van der Waals surface area contributed by atoms with Crippen molar-refractivity contribution in [2.75, 3.05) is 44.2 Å². The van der Waals surface area contributed by atoms with Crippen molar-refractivity contribution in [1.29, 1.82) is 0 Å². The highest BCUT2D eigenvalue weighted by atomic mass is 32.2. The minimum atomic E-state index is -3.61. The molecule has 0 spiro atoms. The molecule has 0 aliphatic carbocycles. The van der Waals surface area contributed by atoms with Crippen LogP contribution in [0.4, 0.5) is 5.69 Å². The minimum Gasteiger partial charge on any atom is -0.373 e. The summed E-state index contributed by atoms with van der Waals surface area (Å²) in [5, 5.41) is 0. The van der Waals surface area contributed by atoms with Crippen molar-refractivity contribution in [2.45, 2.75) is 31.0 Å². The van der Waals surface area contributed by atoms with Crippen molar-refractivity contribution in [3.05, 3.63) is 60.2 Å². The largest absolute Gasteiger partial charge is 0.373 e. The van der Waals surface area contributed by atoms with Crippen LogP contribution in [-0.2, 0) is 14.8 Å². The van der Waals surface area contributed by atoms with E-state index in [1.54, 1.807) is 12.1 Å². The molecule has 0 bridgehead atoms. The Labute approximate surface area is 184 Å². The Morgan fingerprint density at radius 2 is 1.45 bits per heavy atom. The number of rotatable bonds is 4. The smallest absolute Gasteiger partial charge is 0.253 e. The first-order valence-electron chi connectivity index (χ1n) is 10.7. The van der Waals surface area contributed by atoms with Crippen molar-refractivity contribution in [1.82, 2.24) is 9.21 Å². The highest BCUT2D eigenvalue weighted by molar-refractivity contribution is 7.89. The molecule has 31 heavy (non-hydrogen) atoms. The van der Waals surface area contributed by atoms with E-state index in [9.17, 15) is 13.2 Å². The van der Waals surface area contributed by atoms with E-state index in [-0.39, 0.29) is 23.0 Å². The Morgan fingerprint density at radius 3 is 2.03 bits per heavy atom. The van der Waals surface area contributed by atoms with Gasteiger partial charge < -0.3 is 14.5 Å². The van der Waals surface area contributed by atoms with Gasteiger partial charge in [-0.05, 0) is 50.2 Å². The summed E-state index contributed by atoms with van der Waals surface area (Å²) in [6.45, 7) is 7.23. The maximum atomic E-state index is 13.0. The number of anilines is 1. The van der Waals surface area contributed by atoms with Gasteiger partial charge in [0.25, 0.3) is 5.91 Å². The van der Waals surface area contributed by atoms with Crippen LogP contribution < -0.4 is 4.90 Å². The van der Waals surface area contributed by atoms with E-state index in [1.165, 1.54) is 16.4 Å². The van der Waals surface area contributed by atoms with Crippen LogP contribution in [0.25, 0.3) is 0 Å². The van der Waals surface area contributed by atoms with Crippen LogP contribution in [0.1, 0.15) is 24.2 Å². The third-order valence-corrected chi connectivity index (χ3v) is 7.66. The number of nitrogens with zero attached hydrogens (tertiary/aromatic N) is 3. The van der Waals surface area contributed by atoms with E-state index in [0.717, 1.165) is 18.8 Å². The number of morpholine rings is 1. The molecule has 0 radical (unpaired) electrons. The molecule has 4 rings (SSSR count). The molecule has 1 amide bonds. The van der Waals surface area contributed by atoms with Gasteiger partial charge in [-0.3, -0.25) is 4.79 Å². The van der Waals surface area contributed by atoms with Gasteiger partial charge in [0.05, 0.1) is 17.1 Å². The Hall–Kier alpha value is -2.42. The lowest BCUT2D eigenvalue weighted by molar-refractivity contribution is -0.0440. The second-order valence-corrected chi connectivity index (χ2v) is 10.2. The molecule has 2 unspecified atom stereocenters. The summed E-state index contributed by atoms with van der Waals surface area (Å²) in [6, 6.07) is 16.5. The average molecular weight is 444 g/mol. The molecular weight excluding hydrogens is 414 g/mol. The van der Waals surface area contributed by atoms with Gasteiger partial charge in [0.15, 0.2) is 0 Å². The van der Waals surface area contributed by atoms with Crippen molar-refractivity contribution in [2.24, 2.45) is 0 Å². The standard InChI is InChI=1S/C23H29N3O4S/c1-18-16-26(17-19(2)30-18)31(28,29)22-10-8-20(9-11-22)23(27)25-14-12-24(13-15-25)21-6-4-3-5-7-21/h3-11,18-19H,12-17H2,1-2H3. The number of ether oxygens (including phenoxy) is 1. The van der Waals surface area contributed by atoms with Crippen molar-refractivity contribution >= 4 is 21.6 Å². The molecule has 166 valence electrons. The second-order valence-electron chi connectivity index (χ2n) is 8.22. The summed E-state index contributed by atoms with van der Waals surface area (Å²) >= 11 is 0. The summed E-state index contributed by atoms with van der Waals surface area (Å²) in [7, 11) is -3.61. The van der Waals surface area contributed by atoms with Crippen LogP contribution in [0.3, 0.4) is 0 Å². The first kappa shape index (κ1) is 21.8. The number of amides is 1. The Morgan fingerprint density at radius 1 is 0.871 bits per heavy atom. The zero-order valence-electron chi connectivity index (χ0n) is 18.0. The van der Waals surface area contributed by atoms with E-state index < -0.39 is 10.0 Å². The number of para-hydroxylation sites is 1. The summed E-state index contributed by atoms with van der Waals surface area (Å²) in [4.78, 5) is 17.2. The van der Waals surface area contributed by atoms with Gasteiger partial charge in [0, 0.05) is 50.5 Å². The van der Waals surface area contributed by atoms with Crippen LogP contribution >= 0.6 is 0 Å². The van der Waals surface area contributed by atoms with Crippen molar-refractivity contribution in [3.63, 3.8) is 0 Å². The molecule has 2 heterocycles. The molecular formula is C23H29N3O4S. The van der Waals surface area contributed by atoms with Gasteiger partial charge in [-0.15, -0.1) is 0 Å². The van der Waals surface area contributed by atoms with Gasteiger partial charge in [-0.2, -0.15) is 4.31 Å². The number of benzene rings is 2. The predicted molar refractivity (Wildman–Crippen MR) is 120 cm³/mol. The van der Waals surface area contributed by atoms with Gasteiger partial charge in [0.1, 0.15) is 0 Å². The first-order valence-corrected chi connectivity index (χ1v) is 12.1. The van der Waals surface area contributed by atoms with Crippen LogP contribution in [-0.4, -0.2) is 75.0 Å². The fraction of sp³-hybridized carbons (Fsp3) is 0.435. The van der Waals surface area contributed by atoms with Crippen LogP contribution in [0.5, 0.6) is 0 Å². The molecule has 0 N–H and O–H groups in total. The fourth-order valence-electron chi connectivity index (χ4n) is 4.23. The zero-order valence-corrected chi connectivity index (χ0v) is 18.8. The summed E-state index contributed by atoms with van der Waals surface area (Å²) in [5.74, 6) is -0.0646. The molecule has 2 aromatic rings. The zero-order chi connectivity index (χ0) is 22.0. The lowest BCUT2D eigenvalue weighted by Gasteiger charge is -2.36. The average Bonchev–Trinajstić information content (AvgIpc) is 2.79. The monoisotopic (exact) mass is 443 g/mol.